The van der Waals surface area contributed by atoms with Gasteiger partial charge in [-0.25, -0.2) is 8.42 Å². The van der Waals surface area contributed by atoms with Gasteiger partial charge < -0.3 is 10.1 Å². The number of rotatable bonds is 5. The maximum Gasteiger partial charge on any atom is 0.285 e. The average Bonchev–Trinajstić information content (AvgIpc) is 2.56. The SMILES string of the molecule is CCOc1ccccc1NS(=O)(=O)c1ccc2c(c1)S(=O)(=O)N=CN2. The normalized spacial score (nSPS) is 15.1. The summed E-state index contributed by atoms with van der Waals surface area (Å²) in [5.74, 6) is 0.380. The van der Waals surface area contributed by atoms with Gasteiger partial charge in [0, 0.05) is 0 Å². The van der Waals surface area contributed by atoms with Crippen LogP contribution in [0.4, 0.5) is 11.4 Å². The van der Waals surface area contributed by atoms with Crippen molar-refractivity contribution < 1.29 is 21.6 Å². The number of anilines is 2. The number of nitrogens with zero attached hydrogens (tertiary/aromatic N) is 1. The van der Waals surface area contributed by atoms with Gasteiger partial charge in [-0.2, -0.15) is 8.42 Å². The Morgan fingerprint density at radius 1 is 1.20 bits per heavy atom. The molecule has 0 unspecified atom stereocenters. The summed E-state index contributed by atoms with van der Waals surface area (Å²) in [4.78, 5) is -0.393. The van der Waals surface area contributed by atoms with Crippen molar-refractivity contribution in [3.8, 4) is 5.75 Å². The van der Waals surface area contributed by atoms with Gasteiger partial charge >= 0.3 is 0 Å². The van der Waals surface area contributed by atoms with Crippen LogP contribution in [-0.4, -0.2) is 29.8 Å². The maximum atomic E-state index is 12.6. The fraction of sp³-hybridized carbons (Fsp3) is 0.133. The first kappa shape index (κ1) is 17.2. The summed E-state index contributed by atoms with van der Waals surface area (Å²) in [7, 11) is -7.94. The van der Waals surface area contributed by atoms with Gasteiger partial charge in [0.1, 0.15) is 17.0 Å². The fourth-order valence-electron chi connectivity index (χ4n) is 2.26. The van der Waals surface area contributed by atoms with Crippen molar-refractivity contribution in [2.24, 2.45) is 4.40 Å². The number of hydrogen-bond acceptors (Lipinski definition) is 6. The summed E-state index contributed by atoms with van der Waals surface area (Å²) in [6.45, 7) is 2.16. The Hall–Kier alpha value is -2.59. The van der Waals surface area contributed by atoms with E-state index in [2.05, 4.69) is 14.4 Å². The number of ether oxygens (including phenoxy) is 1. The van der Waals surface area contributed by atoms with E-state index in [4.69, 9.17) is 4.74 Å². The Morgan fingerprint density at radius 2 is 1.96 bits per heavy atom. The minimum absolute atomic E-state index is 0.194. The van der Waals surface area contributed by atoms with E-state index in [9.17, 15) is 16.8 Å². The Labute approximate surface area is 145 Å². The Morgan fingerprint density at radius 3 is 2.72 bits per heavy atom. The molecule has 0 atom stereocenters. The molecule has 0 spiro atoms. The van der Waals surface area contributed by atoms with Crippen LogP contribution in [0.3, 0.4) is 0 Å². The second-order valence-electron chi connectivity index (χ2n) is 5.05. The number of sulfonamides is 2. The van der Waals surface area contributed by atoms with Crippen LogP contribution >= 0.6 is 0 Å². The van der Waals surface area contributed by atoms with Crippen LogP contribution in [0, 0.1) is 0 Å². The second kappa shape index (κ2) is 6.37. The van der Waals surface area contributed by atoms with Crippen molar-refractivity contribution in [2.45, 2.75) is 16.7 Å². The van der Waals surface area contributed by atoms with E-state index in [0.717, 1.165) is 12.4 Å². The van der Waals surface area contributed by atoms with E-state index in [1.165, 1.54) is 12.1 Å². The zero-order chi connectivity index (χ0) is 18.1. The van der Waals surface area contributed by atoms with Gasteiger partial charge in [-0.05, 0) is 37.3 Å². The molecule has 132 valence electrons. The second-order valence-corrected chi connectivity index (χ2v) is 8.33. The lowest BCUT2D eigenvalue weighted by Gasteiger charge is -2.15. The lowest BCUT2D eigenvalue weighted by Crippen LogP contribution is -2.16. The summed E-state index contributed by atoms with van der Waals surface area (Å²) in [6, 6.07) is 10.3. The molecular formula is C15H15N3O5S2. The van der Waals surface area contributed by atoms with E-state index in [-0.39, 0.29) is 21.2 Å². The lowest BCUT2D eigenvalue weighted by atomic mass is 10.3. The molecule has 0 saturated carbocycles. The van der Waals surface area contributed by atoms with Crippen LogP contribution in [0.15, 0.2) is 56.7 Å². The molecule has 0 fully saturated rings. The third-order valence-corrected chi connectivity index (χ3v) is 6.02. The predicted molar refractivity (Wildman–Crippen MR) is 94.2 cm³/mol. The highest BCUT2D eigenvalue weighted by atomic mass is 32.2. The molecular weight excluding hydrogens is 366 g/mol. The zero-order valence-corrected chi connectivity index (χ0v) is 14.8. The van der Waals surface area contributed by atoms with Crippen LogP contribution in [-0.2, 0) is 20.0 Å². The van der Waals surface area contributed by atoms with Gasteiger partial charge in [0.2, 0.25) is 0 Å². The van der Waals surface area contributed by atoms with E-state index in [0.29, 0.717) is 12.4 Å². The molecule has 1 aliphatic rings. The molecule has 8 nitrogen and oxygen atoms in total. The van der Waals surface area contributed by atoms with Crippen LogP contribution in [0.5, 0.6) is 5.75 Å². The molecule has 0 bridgehead atoms. The fourth-order valence-corrected chi connectivity index (χ4v) is 4.42. The minimum Gasteiger partial charge on any atom is -0.492 e. The summed E-state index contributed by atoms with van der Waals surface area (Å²) < 4.78 is 60.4. The monoisotopic (exact) mass is 381 g/mol. The molecule has 1 heterocycles. The zero-order valence-electron chi connectivity index (χ0n) is 13.1. The van der Waals surface area contributed by atoms with Gasteiger partial charge in [-0.15, -0.1) is 4.40 Å². The van der Waals surface area contributed by atoms with E-state index < -0.39 is 20.0 Å². The predicted octanol–water partition coefficient (Wildman–Crippen LogP) is 2.03. The van der Waals surface area contributed by atoms with Crippen molar-refractivity contribution in [2.75, 3.05) is 16.6 Å². The Balaban J connectivity index is 2.00. The minimum atomic E-state index is -4.01. The number of para-hydroxylation sites is 2. The van der Waals surface area contributed by atoms with Crippen LogP contribution < -0.4 is 14.8 Å². The lowest BCUT2D eigenvalue weighted by molar-refractivity contribution is 0.342. The summed E-state index contributed by atoms with van der Waals surface area (Å²) in [6.07, 6.45) is 1.04. The summed E-state index contributed by atoms with van der Waals surface area (Å²) in [5.41, 5.74) is 0.532. The topological polar surface area (TPSA) is 114 Å². The van der Waals surface area contributed by atoms with E-state index in [1.807, 2.05) is 0 Å². The quantitative estimate of drug-likeness (QED) is 0.819. The largest absolute Gasteiger partial charge is 0.492 e. The standard InChI is InChI=1S/C15H15N3O5S2/c1-2-23-14-6-4-3-5-12(14)18-24(19,20)11-7-8-13-15(9-11)25(21,22)17-10-16-13/h3-10,18H,2H2,1H3,(H,16,17). The van der Waals surface area contributed by atoms with E-state index in [1.54, 1.807) is 31.2 Å². The first-order valence-electron chi connectivity index (χ1n) is 7.27. The molecule has 25 heavy (non-hydrogen) atoms. The van der Waals surface area contributed by atoms with Crippen molar-refractivity contribution in [3.63, 3.8) is 0 Å². The van der Waals surface area contributed by atoms with E-state index >= 15 is 0 Å². The van der Waals surface area contributed by atoms with Crippen LogP contribution in [0.25, 0.3) is 0 Å². The molecule has 1 aliphatic heterocycles. The molecule has 10 heteroatoms. The smallest absolute Gasteiger partial charge is 0.285 e. The number of fused-ring (bicyclic) bond motifs is 1. The maximum absolute atomic E-state index is 12.6. The highest BCUT2D eigenvalue weighted by Gasteiger charge is 2.25. The van der Waals surface area contributed by atoms with Gasteiger partial charge in [0.15, 0.2) is 0 Å². The summed E-state index contributed by atoms with van der Waals surface area (Å²) in [5, 5.41) is 2.67. The molecule has 0 radical (unpaired) electrons. The molecule has 2 aromatic rings. The van der Waals surface area contributed by atoms with Crippen LogP contribution in [0.2, 0.25) is 0 Å². The highest BCUT2D eigenvalue weighted by Crippen LogP contribution is 2.31. The summed E-state index contributed by atoms with van der Waals surface area (Å²) >= 11 is 0. The first-order valence-corrected chi connectivity index (χ1v) is 10.2. The molecule has 0 aromatic heterocycles. The molecule has 0 saturated heterocycles. The molecule has 2 aromatic carbocycles. The van der Waals surface area contributed by atoms with Crippen molar-refractivity contribution >= 4 is 37.8 Å². The van der Waals surface area contributed by atoms with Crippen molar-refractivity contribution in [1.29, 1.82) is 0 Å². The Kier molecular flexibility index (Phi) is 4.39. The van der Waals surface area contributed by atoms with Crippen LogP contribution in [0.1, 0.15) is 6.92 Å². The average molecular weight is 381 g/mol. The Bertz CT molecular complexity index is 1050. The van der Waals surface area contributed by atoms with Gasteiger partial charge in [-0.3, -0.25) is 4.72 Å². The highest BCUT2D eigenvalue weighted by molar-refractivity contribution is 7.93. The van der Waals surface area contributed by atoms with Crippen molar-refractivity contribution in [3.05, 3.63) is 42.5 Å². The van der Waals surface area contributed by atoms with Gasteiger partial charge in [0.25, 0.3) is 20.0 Å². The van der Waals surface area contributed by atoms with Gasteiger partial charge in [-0.1, -0.05) is 12.1 Å². The number of nitrogens with one attached hydrogen (secondary N) is 2. The number of hydrogen-bond donors (Lipinski definition) is 2. The molecule has 2 N–H and O–H groups in total. The van der Waals surface area contributed by atoms with Crippen molar-refractivity contribution in [1.82, 2.24) is 0 Å². The number of benzene rings is 2. The third-order valence-electron chi connectivity index (χ3n) is 3.38. The molecule has 0 aliphatic carbocycles. The molecule has 0 amide bonds. The molecule has 3 rings (SSSR count). The third kappa shape index (κ3) is 3.44. The first-order chi connectivity index (χ1) is 11.8. The van der Waals surface area contributed by atoms with Gasteiger partial charge in [0.05, 0.1) is 22.9 Å².